The van der Waals surface area contributed by atoms with Gasteiger partial charge in [-0.3, -0.25) is 0 Å². The number of rotatable bonds is 1. The Balaban J connectivity index is 3.43. The molecule has 0 fully saturated rings. The minimum absolute atomic E-state index is 0.144. The summed E-state index contributed by atoms with van der Waals surface area (Å²) in [7, 11) is -4.32. The predicted octanol–water partition coefficient (Wildman–Crippen LogP) is 1.80. The Labute approximate surface area is 97.6 Å². The smallest absolute Gasteiger partial charge is 0.125 e. The Morgan fingerprint density at radius 2 is 1.83 bits per heavy atom. The lowest BCUT2D eigenvalue weighted by Gasteiger charge is -2.08. The molecule has 6 heteroatoms. The van der Waals surface area contributed by atoms with E-state index >= 15 is 0 Å². The Morgan fingerprint density at radius 3 is 2.25 bits per heavy atom. The molecule has 0 N–H and O–H groups in total. The lowest BCUT2D eigenvalue weighted by Crippen LogP contribution is -2.01. The van der Waals surface area contributed by atoms with E-state index in [0.29, 0.717) is 3.57 Å². The van der Waals surface area contributed by atoms with Gasteiger partial charge in [-0.2, -0.15) is 0 Å². The normalized spacial score (nSPS) is 11.6. The Morgan fingerprint density at radius 1 is 1.25 bits per heavy atom. The van der Waals surface area contributed by atoms with Crippen molar-refractivity contribution in [1.82, 2.24) is 0 Å². The number of benzene rings is 1. The van der Waals surface area contributed by atoms with Crippen LogP contribution >= 0.6 is 45.2 Å². The zero-order valence-electron chi connectivity index (χ0n) is 5.62. The lowest BCUT2D eigenvalue weighted by atomic mass is 10.4. The van der Waals surface area contributed by atoms with Gasteiger partial charge in [0.1, 0.15) is 10.1 Å². The first-order chi connectivity index (χ1) is 5.41. The molecule has 1 aromatic carbocycles. The molecule has 1 aromatic rings. The van der Waals surface area contributed by atoms with Crippen LogP contribution < -0.4 is 0 Å². The van der Waals surface area contributed by atoms with Gasteiger partial charge in [-0.05, 0) is 63.4 Å². The van der Waals surface area contributed by atoms with Crippen LogP contribution in [0.15, 0.2) is 23.1 Å². The van der Waals surface area contributed by atoms with Crippen LogP contribution in [0.3, 0.4) is 0 Å². The maximum atomic E-state index is 10.6. The third kappa shape index (κ3) is 2.54. The van der Waals surface area contributed by atoms with Crippen molar-refractivity contribution in [1.29, 1.82) is 0 Å². The molecule has 0 amide bonds. The minimum atomic E-state index is -4.32. The highest BCUT2D eigenvalue weighted by Gasteiger charge is 2.06. The zero-order chi connectivity index (χ0) is 9.35. The van der Waals surface area contributed by atoms with E-state index in [-0.39, 0.29) is 4.90 Å². The molecule has 0 unspecified atom stereocenters. The van der Waals surface area contributed by atoms with Crippen LogP contribution in [0.4, 0.5) is 0 Å². The molecule has 0 saturated heterocycles. The summed E-state index contributed by atoms with van der Waals surface area (Å²) in [6.45, 7) is 0. The molecule has 0 aliphatic rings. The first kappa shape index (κ1) is 10.7. The van der Waals surface area contributed by atoms with Crippen LogP contribution in [0.25, 0.3) is 0 Å². The first-order valence-electron chi connectivity index (χ1n) is 2.82. The van der Waals surface area contributed by atoms with Crippen LogP contribution in [-0.2, 0) is 10.1 Å². The van der Waals surface area contributed by atoms with Crippen molar-refractivity contribution in [3.8, 4) is 0 Å². The van der Waals surface area contributed by atoms with Crippen LogP contribution in [0.5, 0.6) is 0 Å². The summed E-state index contributed by atoms with van der Waals surface area (Å²) in [4.78, 5) is -0.144. The van der Waals surface area contributed by atoms with E-state index in [1.807, 2.05) is 45.2 Å². The van der Waals surface area contributed by atoms with Gasteiger partial charge in [0.2, 0.25) is 0 Å². The maximum absolute atomic E-state index is 10.6. The second kappa shape index (κ2) is 3.76. The van der Waals surface area contributed by atoms with E-state index in [1.165, 1.54) is 6.07 Å². The monoisotopic (exact) mass is 409 g/mol. The molecule has 0 atom stereocenters. The van der Waals surface area contributed by atoms with E-state index in [2.05, 4.69) is 0 Å². The Kier molecular flexibility index (Phi) is 3.34. The fraction of sp³-hybridized carbons (Fsp3) is 0. The quantitative estimate of drug-likeness (QED) is 0.526. The van der Waals surface area contributed by atoms with Gasteiger partial charge in [-0.15, -0.1) is 0 Å². The van der Waals surface area contributed by atoms with Crippen molar-refractivity contribution in [2.24, 2.45) is 0 Å². The fourth-order valence-corrected chi connectivity index (χ4v) is 3.09. The minimum Gasteiger partial charge on any atom is -0.744 e. The molecule has 0 saturated carbocycles. The third-order valence-electron chi connectivity index (χ3n) is 1.16. The molecule has 12 heavy (non-hydrogen) atoms. The highest BCUT2D eigenvalue weighted by Crippen LogP contribution is 2.19. The van der Waals surface area contributed by atoms with Gasteiger partial charge in [0, 0.05) is 7.14 Å². The number of hydrogen-bond acceptors (Lipinski definition) is 3. The molecule has 0 aliphatic heterocycles. The van der Waals surface area contributed by atoms with Gasteiger partial charge >= 0.3 is 0 Å². The van der Waals surface area contributed by atoms with E-state index in [9.17, 15) is 13.0 Å². The fourth-order valence-electron chi connectivity index (χ4n) is 0.669. The Bertz CT molecular complexity index is 399. The van der Waals surface area contributed by atoms with Gasteiger partial charge in [0.05, 0.1) is 4.90 Å². The van der Waals surface area contributed by atoms with E-state index in [4.69, 9.17) is 0 Å². The molecule has 0 aliphatic carbocycles. The van der Waals surface area contributed by atoms with E-state index in [0.717, 1.165) is 3.57 Å². The van der Waals surface area contributed by atoms with Crippen molar-refractivity contribution in [2.75, 3.05) is 0 Å². The summed E-state index contributed by atoms with van der Waals surface area (Å²) >= 11 is 3.78. The van der Waals surface area contributed by atoms with Crippen LogP contribution in [-0.4, -0.2) is 13.0 Å². The van der Waals surface area contributed by atoms with Crippen molar-refractivity contribution < 1.29 is 13.0 Å². The molecule has 0 radical (unpaired) electrons. The van der Waals surface area contributed by atoms with Crippen molar-refractivity contribution in [3.63, 3.8) is 0 Å². The summed E-state index contributed by atoms with van der Waals surface area (Å²) in [5.74, 6) is 0. The second-order valence-electron chi connectivity index (χ2n) is 2.03. The van der Waals surface area contributed by atoms with Gasteiger partial charge in [0.25, 0.3) is 0 Å². The molecule has 0 heterocycles. The maximum Gasteiger partial charge on any atom is 0.125 e. The summed E-state index contributed by atoms with van der Waals surface area (Å²) in [6.07, 6.45) is 0. The standard InChI is InChI=1S/C6H4I2O3S/c7-4-1-2-5(8)6(3-4)12(9,10)11/h1-3H,(H,9,10,11)/p-1. The highest BCUT2D eigenvalue weighted by atomic mass is 127. The van der Waals surface area contributed by atoms with E-state index < -0.39 is 10.1 Å². The summed E-state index contributed by atoms with van der Waals surface area (Å²) in [5.41, 5.74) is 0. The Hall–Kier alpha value is 0.590. The summed E-state index contributed by atoms with van der Waals surface area (Å²) < 4.78 is 33.1. The molecule has 0 aromatic heterocycles. The van der Waals surface area contributed by atoms with Gasteiger partial charge in [0.15, 0.2) is 0 Å². The number of hydrogen-bond donors (Lipinski definition) is 0. The van der Waals surface area contributed by atoms with Crippen molar-refractivity contribution in [3.05, 3.63) is 25.3 Å². The molecule has 66 valence electrons. The van der Waals surface area contributed by atoms with Gasteiger partial charge in [-0.1, -0.05) is 0 Å². The first-order valence-corrected chi connectivity index (χ1v) is 6.39. The highest BCUT2D eigenvalue weighted by molar-refractivity contribution is 14.1. The van der Waals surface area contributed by atoms with Crippen LogP contribution in [0.1, 0.15) is 0 Å². The van der Waals surface area contributed by atoms with Crippen LogP contribution in [0.2, 0.25) is 0 Å². The molecule has 0 spiro atoms. The topological polar surface area (TPSA) is 57.2 Å². The lowest BCUT2D eigenvalue weighted by molar-refractivity contribution is 0.462. The van der Waals surface area contributed by atoms with Gasteiger partial charge < -0.3 is 4.55 Å². The molecule has 1 rings (SSSR count). The SMILES string of the molecule is O=S(=O)([O-])c1cc(I)ccc1I. The average Bonchev–Trinajstić information content (AvgIpc) is 1.92. The molecule has 3 nitrogen and oxygen atoms in total. The molecular weight excluding hydrogens is 406 g/mol. The predicted molar refractivity (Wildman–Crippen MR) is 59.8 cm³/mol. The average molecular weight is 409 g/mol. The van der Waals surface area contributed by atoms with Crippen molar-refractivity contribution >= 4 is 55.3 Å². The molecular formula is C6H3I2O3S-. The molecule has 0 bridgehead atoms. The summed E-state index contributed by atoms with van der Waals surface area (Å²) in [6, 6.07) is 4.72. The largest absolute Gasteiger partial charge is 0.744 e. The summed E-state index contributed by atoms with van der Waals surface area (Å²) in [5, 5.41) is 0. The number of halogens is 2. The zero-order valence-corrected chi connectivity index (χ0v) is 10.8. The van der Waals surface area contributed by atoms with Gasteiger partial charge in [-0.25, -0.2) is 8.42 Å². The van der Waals surface area contributed by atoms with Crippen LogP contribution in [0, 0.1) is 7.14 Å². The van der Waals surface area contributed by atoms with Crippen molar-refractivity contribution in [2.45, 2.75) is 4.90 Å². The van der Waals surface area contributed by atoms with E-state index in [1.54, 1.807) is 12.1 Å². The third-order valence-corrected chi connectivity index (χ3v) is 4.02. The second-order valence-corrected chi connectivity index (χ2v) is 5.78.